The van der Waals surface area contributed by atoms with E-state index in [9.17, 15) is 0 Å². The molecular formula is C9H11BCl2O4. The van der Waals surface area contributed by atoms with Gasteiger partial charge in [-0.3, -0.25) is 0 Å². The third-order valence-corrected chi connectivity index (χ3v) is 3.01. The summed E-state index contributed by atoms with van der Waals surface area (Å²) in [5.74, 6) is 0. The molecular weight excluding hydrogens is 254 g/mol. The number of hydrogen-bond acceptors (Lipinski definition) is 4. The second kappa shape index (κ2) is 5.86. The van der Waals surface area contributed by atoms with Gasteiger partial charge in [-0.05, 0) is 0 Å². The highest BCUT2D eigenvalue weighted by atomic mass is 35.5. The molecule has 16 heavy (non-hydrogen) atoms. The van der Waals surface area contributed by atoms with E-state index in [-0.39, 0.29) is 15.5 Å². The maximum Gasteiger partial charge on any atom is 0.490 e. The summed E-state index contributed by atoms with van der Waals surface area (Å²) in [6.45, 7) is 0. The van der Waals surface area contributed by atoms with E-state index in [1.807, 2.05) is 0 Å². The molecule has 0 saturated heterocycles. The predicted molar refractivity (Wildman–Crippen MR) is 63.0 cm³/mol. The maximum atomic E-state index is 9.02. The van der Waals surface area contributed by atoms with Gasteiger partial charge in [0.15, 0.2) is 6.29 Å². The molecule has 0 radical (unpaired) electrons. The van der Waals surface area contributed by atoms with Gasteiger partial charge in [0.05, 0.1) is 10.0 Å². The number of benzene rings is 1. The normalized spacial score (nSPS) is 10.9. The molecule has 0 saturated carbocycles. The first-order chi connectivity index (χ1) is 7.52. The Morgan fingerprint density at radius 1 is 1.12 bits per heavy atom. The van der Waals surface area contributed by atoms with E-state index in [2.05, 4.69) is 0 Å². The van der Waals surface area contributed by atoms with Crippen LogP contribution >= 0.6 is 23.2 Å². The number of methoxy groups -OCH3 is 2. The van der Waals surface area contributed by atoms with E-state index in [0.717, 1.165) is 0 Å². The Balaban J connectivity index is 3.21. The molecule has 0 bridgehead atoms. The predicted octanol–water partition coefficient (Wildman–Crippen LogP) is 0.965. The Morgan fingerprint density at radius 3 is 2.12 bits per heavy atom. The molecule has 7 heteroatoms. The summed E-state index contributed by atoms with van der Waals surface area (Å²) in [5, 5.41) is 18.3. The second-order valence-electron chi connectivity index (χ2n) is 3.05. The lowest BCUT2D eigenvalue weighted by Crippen LogP contribution is -2.31. The van der Waals surface area contributed by atoms with Crippen molar-refractivity contribution >= 4 is 35.8 Å². The molecule has 4 nitrogen and oxygen atoms in total. The average Bonchev–Trinajstić information content (AvgIpc) is 2.25. The monoisotopic (exact) mass is 264 g/mol. The Hall–Kier alpha value is -0.295. The van der Waals surface area contributed by atoms with Crippen molar-refractivity contribution in [3.8, 4) is 0 Å². The van der Waals surface area contributed by atoms with Gasteiger partial charge in [0.1, 0.15) is 0 Å². The van der Waals surface area contributed by atoms with Gasteiger partial charge in [0, 0.05) is 25.2 Å². The zero-order valence-corrected chi connectivity index (χ0v) is 10.3. The molecule has 0 unspecified atom stereocenters. The van der Waals surface area contributed by atoms with E-state index < -0.39 is 13.4 Å². The zero-order valence-electron chi connectivity index (χ0n) is 8.78. The number of hydrogen-bond donors (Lipinski definition) is 2. The molecule has 2 N–H and O–H groups in total. The summed E-state index contributed by atoms with van der Waals surface area (Å²) in [7, 11) is 1.27. The van der Waals surface area contributed by atoms with Crippen LogP contribution < -0.4 is 5.46 Å². The average molecular weight is 265 g/mol. The quantitative estimate of drug-likeness (QED) is 0.629. The minimum Gasteiger partial charge on any atom is -0.423 e. The molecule has 0 heterocycles. The topological polar surface area (TPSA) is 58.9 Å². The summed E-state index contributed by atoms with van der Waals surface area (Å²) >= 11 is 11.9. The SMILES string of the molecule is COC(OC)c1ccc(B(O)O)c(Cl)c1Cl. The fraction of sp³-hybridized carbons (Fsp3) is 0.333. The molecule has 1 aromatic carbocycles. The van der Waals surface area contributed by atoms with E-state index in [4.69, 9.17) is 42.7 Å². The van der Waals surface area contributed by atoms with Crippen molar-refractivity contribution in [1.29, 1.82) is 0 Å². The molecule has 0 amide bonds. The van der Waals surface area contributed by atoms with Crippen molar-refractivity contribution in [2.75, 3.05) is 14.2 Å². The first-order valence-electron chi connectivity index (χ1n) is 4.42. The fourth-order valence-electron chi connectivity index (χ4n) is 1.31. The van der Waals surface area contributed by atoms with Gasteiger partial charge in [-0.25, -0.2) is 0 Å². The lowest BCUT2D eigenvalue weighted by molar-refractivity contribution is -0.105. The summed E-state index contributed by atoms with van der Waals surface area (Å²) in [4.78, 5) is 0. The largest absolute Gasteiger partial charge is 0.490 e. The van der Waals surface area contributed by atoms with Gasteiger partial charge in [0.2, 0.25) is 0 Å². The van der Waals surface area contributed by atoms with Crippen LogP contribution in [0.1, 0.15) is 11.9 Å². The van der Waals surface area contributed by atoms with Gasteiger partial charge >= 0.3 is 7.12 Å². The molecule has 0 spiro atoms. The van der Waals surface area contributed by atoms with E-state index >= 15 is 0 Å². The van der Waals surface area contributed by atoms with Crippen LogP contribution in [0.25, 0.3) is 0 Å². The van der Waals surface area contributed by atoms with Crippen molar-refractivity contribution < 1.29 is 19.5 Å². The first kappa shape index (κ1) is 13.8. The molecule has 1 aromatic rings. The van der Waals surface area contributed by atoms with Gasteiger partial charge in [-0.1, -0.05) is 35.3 Å². The first-order valence-corrected chi connectivity index (χ1v) is 5.18. The van der Waals surface area contributed by atoms with E-state index in [1.165, 1.54) is 20.3 Å². The van der Waals surface area contributed by atoms with Crippen LogP contribution in [-0.2, 0) is 9.47 Å². The number of ether oxygens (including phenoxy) is 2. The molecule has 0 aromatic heterocycles. The van der Waals surface area contributed by atoms with Crippen LogP contribution in [0, 0.1) is 0 Å². The minimum absolute atomic E-state index is 0.0771. The number of halogens is 2. The molecule has 0 aliphatic rings. The summed E-state index contributed by atoms with van der Waals surface area (Å²) in [6, 6.07) is 3.03. The van der Waals surface area contributed by atoms with Gasteiger partial charge in [-0.2, -0.15) is 0 Å². The Kier molecular flexibility index (Phi) is 5.05. The lowest BCUT2D eigenvalue weighted by Gasteiger charge is -2.17. The van der Waals surface area contributed by atoms with Crippen LogP contribution in [0.15, 0.2) is 12.1 Å². The zero-order chi connectivity index (χ0) is 12.3. The third kappa shape index (κ3) is 2.68. The fourth-order valence-corrected chi connectivity index (χ4v) is 1.84. The van der Waals surface area contributed by atoms with Crippen LogP contribution in [0.4, 0.5) is 0 Å². The third-order valence-electron chi connectivity index (χ3n) is 2.10. The molecule has 1 rings (SSSR count). The maximum absolute atomic E-state index is 9.02. The molecule has 0 atom stereocenters. The van der Waals surface area contributed by atoms with Crippen molar-refractivity contribution in [3.63, 3.8) is 0 Å². The summed E-state index contributed by atoms with van der Waals surface area (Å²) in [5.41, 5.74) is 0.669. The molecule has 0 aliphatic heterocycles. The van der Waals surface area contributed by atoms with Crippen LogP contribution in [0.3, 0.4) is 0 Å². The van der Waals surface area contributed by atoms with E-state index in [1.54, 1.807) is 6.07 Å². The highest BCUT2D eigenvalue weighted by Crippen LogP contribution is 2.30. The summed E-state index contributed by atoms with van der Waals surface area (Å²) in [6.07, 6.45) is -0.644. The number of rotatable bonds is 4. The lowest BCUT2D eigenvalue weighted by atomic mass is 9.80. The minimum atomic E-state index is -1.66. The van der Waals surface area contributed by atoms with Crippen LogP contribution in [0.2, 0.25) is 10.0 Å². The standard InChI is InChI=1S/C9H11BCl2O4/c1-15-9(16-2)5-3-4-6(10(13)14)8(12)7(5)11/h3-4,9,13-14H,1-2H3. The van der Waals surface area contributed by atoms with Crippen molar-refractivity contribution in [3.05, 3.63) is 27.7 Å². The van der Waals surface area contributed by atoms with Crippen molar-refractivity contribution in [2.45, 2.75) is 6.29 Å². The molecule has 0 fully saturated rings. The summed E-state index contributed by atoms with van der Waals surface area (Å²) < 4.78 is 10.1. The van der Waals surface area contributed by atoms with Crippen LogP contribution in [-0.4, -0.2) is 31.4 Å². The van der Waals surface area contributed by atoms with E-state index in [0.29, 0.717) is 5.56 Å². The Bertz CT molecular complexity index is 369. The Labute approximate surface area is 104 Å². The second-order valence-corrected chi connectivity index (χ2v) is 3.80. The highest BCUT2D eigenvalue weighted by molar-refractivity contribution is 6.64. The molecule has 0 aliphatic carbocycles. The van der Waals surface area contributed by atoms with Gasteiger partial charge < -0.3 is 19.5 Å². The smallest absolute Gasteiger partial charge is 0.423 e. The van der Waals surface area contributed by atoms with Gasteiger partial charge in [-0.15, -0.1) is 0 Å². The van der Waals surface area contributed by atoms with Crippen LogP contribution in [0.5, 0.6) is 0 Å². The van der Waals surface area contributed by atoms with Crippen molar-refractivity contribution in [1.82, 2.24) is 0 Å². The Morgan fingerprint density at radius 2 is 1.69 bits per heavy atom. The molecule has 88 valence electrons. The van der Waals surface area contributed by atoms with Gasteiger partial charge in [0.25, 0.3) is 0 Å². The highest BCUT2D eigenvalue weighted by Gasteiger charge is 2.22. The van der Waals surface area contributed by atoms with Crippen molar-refractivity contribution in [2.24, 2.45) is 0 Å².